The molecule has 1 aromatic carbocycles. The quantitative estimate of drug-likeness (QED) is 0.767. The minimum absolute atomic E-state index is 0.172. The fourth-order valence-corrected chi connectivity index (χ4v) is 1.46. The molecule has 98 valence electrons. The molecule has 0 aliphatic heterocycles. The van der Waals surface area contributed by atoms with Gasteiger partial charge in [-0.05, 0) is 25.6 Å². The van der Waals surface area contributed by atoms with Crippen LogP contribution < -0.4 is 14.8 Å². The summed E-state index contributed by atoms with van der Waals surface area (Å²) in [4.78, 5) is 0. The number of nitriles is 1. The molecular formula is C14H20N2O2. The predicted octanol–water partition coefficient (Wildman–Crippen LogP) is 2.36. The summed E-state index contributed by atoms with van der Waals surface area (Å²) in [5.74, 6) is 1.50. The second-order valence-electron chi connectivity index (χ2n) is 3.90. The van der Waals surface area contributed by atoms with E-state index in [9.17, 15) is 0 Å². The number of nitrogens with zero attached hydrogens (tertiary/aromatic N) is 1. The number of hydrogen-bond donors (Lipinski definition) is 1. The zero-order valence-electron chi connectivity index (χ0n) is 11.0. The lowest BCUT2D eigenvalue weighted by atomic mass is 10.2. The summed E-state index contributed by atoms with van der Waals surface area (Å²) >= 11 is 0. The van der Waals surface area contributed by atoms with Gasteiger partial charge in [-0.15, -0.1) is 0 Å². The van der Waals surface area contributed by atoms with Crippen molar-refractivity contribution in [1.82, 2.24) is 5.32 Å². The molecule has 1 aromatic rings. The van der Waals surface area contributed by atoms with E-state index in [4.69, 9.17) is 14.7 Å². The maximum atomic E-state index is 8.80. The van der Waals surface area contributed by atoms with Gasteiger partial charge in [0.25, 0.3) is 0 Å². The van der Waals surface area contributed by atoms with Crippen molar-refractivity contribution in [1.29, 1.82) is 5.26 Å². The van der Waals surface area contributed by atoms with Crippen LogP contribution in [0.5, 0.6) is 11.5 Å². The number of rotatable bonds is 8. The van der Waals surface area contributed by atoms with Crippen LogP contribution in [0.4, 0.5) is 0 Å². The molecule has 0 aromatic heterocycles. The zero-order valence-corrected chi connectivity index (χ0v) is 11.0. The van der Waals surface area contributed by atoms with Gasteiger partial charge in [0.15, 0.2) is 11.5 Å². The number of ether oxygens (including phenoxy) is 2. The Bertz CT molecular complexity index is 388. The highest BCUT2D eigenvalue weighted by Gasteiger charge is 2.06. The Morgan fingerprint density at radius 3 is 2.33 bits per heavy atom. The van der Waals surface area contributed by atoms with Crippen LogP contribution in [0.2, 0.25) is 0 Å². The van der Waals surface area contributed by atoms with Gasteiger partial charge >= 0.3 is 0 Å². The van der Waals surface area contributed by atoms with E-state index >= 15 is 0 Å². The second kappa shape index (κ2) is 8.37. The van der Waals surface area contributed by atoms with Crippen LogP contribution in [-0.4, -0.2) is 26.3 Å². The summed E-state index contributed by atoms with van der Waals surface area (Å²) < 4.78 is 11.2. The largest absolute Gasteiger partial charge is 0.490 e. The number of nitrogens with one attached hydrogen (secondary N) is 1. The van der Waals surface area contributed by atoms with E-state index in [0.29, 0.717) is 19.6 Å². The first kappa shape index (κ1) is 14.3. The molecule has 0 spiro atoms. The van der Waals surface area contributed by atoms with Gasteiger partial charge in [-0.2, -0.15) is 5.26 Å². The fraction of sp³-hybridized carbons (Fsp3) is 0.500. The lowest BCUT2D eigenvalue weighted by Gasteiger charge is -2.13. The SMILES string of the molecule is CCCOc1ccccc1OCCC(C#N)NC. The van der Waals surface area contributed by atoms with Gasteiger partial charge in [0, 0.05) is 6.42 Å². The smallest absolute Gasteiger partial charge is 0.161 e. The van der Waals surface area contributed by atoms with Gasteiger partial charge in [0.05, 0.1) is 25.3 Å². The Kier molecular flexibility index (Phi) is 6.67. The molecule has 0 amide bonds. The molecule has 4 nitrogen and oxygen atoms in total. The molecule has 4 heteroatoms. The molecule has 0 aliphatic carbocycles. The summed E-state index contributed by atoms with van der Waals surface area (Å²) in [6.07, 6.45) is 1.61. The van der Waals surface area contributed by atoms with E-state index in [1.165, 1.54) is 0 Å². The average Bonchev–Trinajstić information content (AvgIpc) is 2.42. The van der Waals surface area contributed by atoms with E-state index in [1.807, 2.05) is 24.3 Å². The van der Waals surface area contributed by atoms with E-state index in [2.05, 4.69) is 18.3 Å². The molecule has 1 atom stereocenters. The normalized spacial score (nSPS) is 11.6. The third-order valence-corrected chi connectivity index (χ3v) is 2.48. The summed E-state index contributed by atoms with van der Waals surface area (Å²) in [6.45, 7) is 3.23. The molecule has 0 aliphatic rings. The Labute approximate surface area is 109 Å². The Morgan fingerprint density at radius 1 is 1.22 bits per heavy atom. The Morgan fingerprint density at radius 2 is 1.83 bits per heavy atom. The summed E-state index contributed by atoms with van der Waals surface area (Å²) in [5, 5.41) is 11.7. The van der Waals surface area contributed by atoms with Crippen molar-refractivity contribution in [2.24, 2.45) is 0 Å². The fourth-order valence-electron chi connectivity index (χ4n) is 1.46. The third kappa shape index (κ3) is 4.64. The van der Waals surface area contributed by atoms with Crippen LogP contribution in [-0.2, 0) is 0 Å². The lowest BCUT2D eigenvalue weighted by Crippen LogP contribution is -2.25. The molecule has 0 bridgehead atoms. The second-order valence-corrected chi connectivity index (χ2v) is 3.90. The molecule has 0 radical (unpaired) electrons. The first-order valence-electron chi connectivity index (χ1n) is 6.23. The predicted molar refractivity (Wildman–Crippen MR) is 70.8 cm³/mol. The standard InChI is InChI=1S/C14H20N2O2/c1-3-9-17-13-6-4-5-7-14(13)18-10-8-12(11-15)16-2/h4-7,12,16H,3,8-10H2,1-2H3. The minimum Gasteiger partial charge on any atom is -0.490 e. The van der Waals surface area contributed by atoms with Crippen molar-refractivity contribution in [3.8, 4) is 17.6 Å². The number of benzene rings is 1. The van der Waals surface area contributed by atoms with Crippen LogP contribution in [0.3, 0.4) is 0 Å². The first-order chi connectivity index (χ1) is 8.81. The highest BCUT2D eigenvalue weighted by molar-refractivity contribution is 5.39. The van der Waals surface area contributed by atoms with Crippen LogP contribution in [0, 0.1) is 11.3 Å². The molecular weight excluding hydrogens is 228 g/mol. The van der Waals surface area contributed by atoms with Crippen molar-refractivity contribution < 1.29 is 9.47 Å². The summed E-state index contributed by atoms with van der Waals surface area (Å²) in [7, 11) is 1.77. The zero-order chi connectivity index (χ0) is 13.2. The molecule has 1 N–H and O–H groups in total. The molecule has 1 rings (SSSR count). The van der Waals surface area contributed by atoms with Gasteiger partial charge in [0.1, 0.15) is 0 Å². The van der Waals surface area contributed by atoms with Gasteiger partial charge < -0.3 is 14.8 Å². The van der Waals surface area contributed by atoms with Gasteiger partial charge in [-0.1, -0.05) is 19.1 Å². The van der Waals surface area contributed by atoms with Crippen LogP contribution >= 0.6 is 0 Å². The monoisotopic (exact) mass is 248 g/mol. The van der Waals surface area contributed by atoms with Crippen LogP contribution in [0.25, 0.3) is 0 Å². The third-order valence-electron chi connectivity index (χ3n) is 2.48. The van der Waals surface area contributed by atoms with Crippen molar-refractivity contribution in [3.05, 3.63) is 24.3 Å². The van der Waals surface area contributed by atoms with Crippen LogP contribution in [0.15, 0.2) is 24.3 Å². The maximum absolute atomic E-state index is 8.80. The average molecular weight is 248 g/mol. The summed E-state index contributed by atoms with van der Waals surface area (Å²) in [5.41, 5.74) is 0. The van der Waals surface area contributed by atoms with Gasteiger partial charge in [0.2, 0.25) is 0 Å². The minimum atomic E-state index is -0.172. The van der Waals surface area contributed by atoms with E-state index < -0.39 is 0 Å². The molecule has 0 saturated carbocycles. The molecule has 1 unspecified atom stereocenters. The topological polar surface area (TPSA) is 54.3 Å². The lowest BCUT2D eigenvalue weighted by molar-refractivity contribution is 0.261. The van der Waals surface area contributed by atoms with E-state index in [-0.39, 0.29) is 6.04 Å². The van der Waals surface area contributed by atoms with E-state index in [1.54, 1.807) is 7.05 Å². The molecule has 0 fully saturated rings. The van der Waals surface area contributed by atoms with Crippen molar-refractivity contribution in [2.45, 2.75) is 25.8 Å². The first-order valence-corrected chi connectivity index (χ1v) is 6.23. The molecule has 0 saturated heterocycles. The maximum Gasteiger partial charge on any atom is 0.161 e. The van der Waals surface area contributed by atoms with Crippen LogP contribution in [0.1, 0.15) is 19.8 Å². The highest BCUT2D eigenvalue weighted by atomic mass is 16.5. The van der Waals surface area contributed by atoms with Gasteiger partial charge in [-0.3, -0.25) is 0 Å². The van der Waals surface area contributed by atoms with E-state index in [0.717, 1.165) is 17.9 Å². The number of hydrogen-bond acceptors (Lipinski definition) is 4. The Hall–Kier alpha value is -1.73. The van der Waals surface area contributed by atoms with Crippen molar-refractivity contribution in [3.63, 3.8) is 0 Å². The van der Waals surface area contributed by atoms with Crippen molar-refractivity contribution >= 4 is 0 Å². The molecule has 18 heavy (non-hydrogen) atoms. The van der Waals surface area contributed by atoms with Crippen molar-refractivity contribution in [2.75, 3.05) is 20.3 Å². The summed E-state index contributed by atoms with van der Waals surface area (Å²) in [6, 6.07) is 9.60. The Balaban J connectivity index is 2.48. The van der Waals surface area contributed by atoms with Gasteiger partial charge in [-0.25, -0.2) is 0 Å². The highest BCUT2D eigenvalue weighted by Crippen LogP contribution is 2.26. The number of para-hydroxylation sites is 2. The molecule has 0 heterocycles.